The predicted molar refractivity (Wildman–Crippen MR) is 135 cm³/mol. The number of hydrogen-bond acceptors (Lipinski definition) is 5. The van der Waals surface area contributed by atoms with E-state index in [-0.39, 0.29) is 5.91 Å². The number of anilines is 1. The summed E-state index contributed by atoms with van der Waals surface area (Å²) in [6.07, 6.45) is 6.35. The molecule has 4 aromatic rings. The first-order valence-electron chi connectivity index (χ1n) is 10.8. The van der Waals surface area contributed by atoms with Crippen LogP contribution < -0.4 is 4.90 Å². The lowest BCUT2D eigenvalue weighted by molar-refractivity contribution is 0.0986. The molecule has 0 radical (unpaired) electrons. The predicted octanol–water partition coefficient (Wildman–Crippen LogP) is 6.35. The average Bonchev–Trinajstić information content (AvgIpc) is 3.40. The third kappa shape index (κ3) is 5.22. The van der Waals surface area contributed by atoms with Crippen LogP contribution in [-0.4, -0.2) is 32.2 Å². The molecular weight excluding hydrogens is 436 g/mol. The minimum Gasteiger partial charge on any atom is -0.337 e. The monoisotopic (exact) mass is 464 g/mol. The number of carbonyl (C=O) groups is 1. The zero-order chi connectivity index (χ0) is 22.7. The van der Waals surface area contributed by atoms with E-state index in [0.717, 1.165) is 38.8 Å². The highest BCUT2D eigenvalue weighted by molar-refractivity contribution is 7.99. The van der Waals surface area contributed by atoms with E-state index >= 15 is 0 Å². The Morgan fingerprint density at radius 2 is 2.06 bits per heavy atom. The molecule has 0 aliphatic heterocycles. The number of thioether (sulfide) groups is 1. The maximum Gasteiger partial charge on any atom is 0.260 e. The van der Waals surface area contributed by atoms with Crippen LogP contribution in [0.25, 0.3) is 10.2 Å². The van der Waals surface area contributed by atoms with Gasteiger partial charge in [-0.1, -0.05) is 37.3 Å². The van der Waals surface area contributed by atoms with E-state index in [0.29, 0.717) is 17.4 Å². The zero-order valence-electron chi connectivity index (χ0n) is 18.9. The number of rotatable bonds is 8. The summed E-state index contributed by atoms with van der Waals surface area (Å²) in [4.78, 5) is 25.6. The van der Waals surface area contributed by atoms with Crippen molar-refractivity contribution in [2.75, 3.05) is 11.4 Å². The second kappa shape index (κ2) is 9.88. The molecule has 7 heteroatoms. The molecule has 4 rings (SSSR count). The van der Waals surface area contributed by atoms with Crippen molar-refractivity contribution in [3.63, 3.8) is 0 Å². The van der Waals surface area contributed by atoms with Crippen molar-refractivity contribution in [1.82, 2.24) is 14.5 Å². The lowest BCUT2D eigenvalue weighted by Crippen LogP contribution is -2.32. The van der Waals surface area contributed by atoms with E-state index in [9.17, 15) is 4.79 Å². The highest BCUT2D eigenvalue weighted by Crippen LogP contribution is 2.33. The topological polar surface area (TPSA) is 51.0 Å². The Morgan fingerprint density at radius 1 is 1.22 bits per heavy atom. The quantitative estimate of drug-likeness (QED) is 0.285. The number of aryl methyl sites for hydroxylation is 3. The molecular formula is C25H28N4OS2. The molecule has 1 amide bonds. The lowest BCUT2D eigenvalue weighted by Gasteiger charge is -2.20. The SMILES string of the molecule is Cc1cc(C)c2nc(N(CCCn3ccnc3)C(=O)c3cccc(SC(C)C)c3)sc2c1. The van der Waals surface area contributed by atoms with E-state index in [4.69, 9.17) is 4.98 Å². The Morgan fingerprint density at radius 3 is 2.81 bits per heavy atom. The molecule has 0 unspecified atom stereocenters. The lowest BCUT2D eigenvalue weighted by atomic mass is 10.1. The molecule has 0 saturated heterocycles. The average molecular weight is 465 g/mol. The van der Waals surface area contributed by atoms with E-state index < -0.39 is 0 Å². The third-order valence-electron chi connectivity index (χ3n) is 5.10. The number of aromatic nitrogens is 3. The second-order valence-electron chi connectivity index (χ2n) is 8.23. The van der Waals surface area contributed by atoms with Gasteiger partial charge in [-0.25, -0.2) is 9.97 Å². The molecule has 0 spiro atoms. The molecule has 0 fully saturated rings. The van der Waals surface area contributed by atoms with Crippen LogP contribution in [0.2, 0.25) is 0 Å². The van der Waals surface area contributed by atoms with Gasteiger partial charge in [0.05, 0.1) is 16.5 Å². The summed E-state index contributed by atoms with van der Waals surface area (Å²) in [5.74, 6) is -0.00438. The van der Waals surface area contributed by atoms with E-state index in [2.05, 4.69) is 50.9 Å². The highest BCUT2D eigenvalue weighted by atomic mass is 32.2. The van der Waals surface area contributed by atoms with E-state index in [1.807, 2.05) is 40.2 Å². The molecule has 166 valence electrons. The highest BCUT2D eigenvalue weighted by Gasteiger charge is 2.22. The van der Waals surface area contributed by atoms with Crippen molar-refractivity contribution in [3.8, 4) is 0 Å². The van der Waals surface area contributed by atoms with Crippen LogP contribution in [0.1, 0.15) is 41.8 Å². The van der Waals surface area contributed by atoms with Gasteiger partial charge in [-0.15, -0.1) is 11.8 Å². The Bertz CT molecular complexity index is 1210. The molecule has 0 atom stereocenters. The van der Waals surface area contributed by atoms with Gasteiger partial charge in [0.2, 0.25) is 0 Å². The fraction of sp³-hybridized carbons (Fsp3) is 0.320. The smallest absolute Gasteiger partial charge is 0.260 e. The van der Waals surface area contributed by atoms with Gasteiger partial charge in [0, 0.05) is 41.2 Å². The Labute approximate surface area is 197 Å². The maximum atomic E-state index is 13.7. The van der Waals surface area contributed by atoms with Gasteiger partial charge in [-0.05, 0) is 55.7 Å². The van der Waals surface area contributed by atoms with Gasteiger partial charge >= 0.3 is 0 Å². The summed E-state index contributed by atoms with van der Waals surface area (Å²) >= 11 is 3.36. The minimum atomic E-state index is -0.00438. The van der Waals surface area contributed by atoms with Crippen molar-refractivity contribution < 1.29 is 4.79 Å². The van der Waals surface area contributed by atoms with Crippen molar-refractivity contribution in [1.29, 1.82) is 0 Å². The Hall–Kier alpha value is -2.64. The summed E-state index contributed by atoms with van der Waals surface area (Å²) in [5.41, 5.74) is 4.03. The van der Waals surface area contributed by atoms with Crippen LogP contribution in [0.4, 0.5) is 5.13 Å². The van der Waals surface area contributed by atoms with Crippen molar-refractivity contribution in [3.05, 3.63) is 71.8 Å². The molecule has 0 bridgehead atoms. The van der Waals surface area contributed by atoms with Crippen LogP contribution in [-0.2, 0) is 6.54 Å². The number of benzene rings is 2. The summed E-state index contributed by atoms with van der Waals surface area (Å²) < 4.78 is 3.16. The molecule has 0 N–H and O–H groups in total. The molecule has 0 saturated carbocycles. The summed E-state index contributed by atoms with van der Waals surface area (Å²) in [6.45, 7) is 9.89. The number of hydrogen-bond donors (Lipinski definition) is 0. The number of nitrogens with zero attached hydrogens (tertiary/aromatic N) is 4. The first kappa shape index (κ1) is 22.6. The summed E-state index contributed by atoms with van der Waals surface area (Å²) in [5, 5.41) is 1.22. The molecule has 0 aliphatic carbocycles. The Kier molecular flexibility index (Phi) is 6.96. The normalized spacial score (nSPS) is 11.4. The Balaban J connectivity index is 1.65. The second-order valence-corrected chi connectivity index (χ2v) is 10.9. The molecule has 5 nitrogen and oxygen atoms in total. The van der Waals surface area contributed by atoms with Crippen LogP contribution in [0.15, 0.2) is 60.0 Å². The van der Waals surface area contributed by atoms with Crippen LogP contribution in [0, 0.1) is 13.8 Å². The van der Waals surface area contributed by atoms with Gasteiger partial charge in [0.25, 0.3) is 5.91 Å². The maximum absolute atomic E-state index is 13.7. The largest absolute Gasteiger partial charge is 0.337 e. The van der Waals surface area contributed by atoms with Crippen LogP contribution in [0.3, 0.4) is 0 Å². The molecule has 32 heavy (non-hydrogen) atoms. The standard InChI is InChI=1S/C25H28N4OS2/c1-17(2)31-21-8-5-7-20(15-21)24(30)29(11-6-10-28-12-9-26-16-28)25-27-23-19(4)13-18(3)14-22(23)32-25/h5,7-9,12-17H,6,10-11H2,1-4H3. The van der Waals surface area contributed by atoms with Gasteiger partial charge in [0.1, 0.15) is 0 Å². The van der Waals surface area contributed by atoms with Crippen LogP contribution >= 0.6 is 23.1 Å². The van der Waals surface area contributed by atoms with Crippen LogP contribution in [0.5, 0.6) is 0 Å². The van der Waals surface area contributed by atoms with Gasteiger partial charge in [-0.3, -0.25) is 9.69 Å². The van der Waals surface area contributed by atoms with Crippen molar-refractivity contribution in [2.45, 2.75) is 50.8 Å². The molecule has 2 heterocycles. The zero-order valence-corrected chi connectivity index (χ0v) is 20.5. The number of fused-ring (bicyclic) bond motifs is 1. The number of amides is 1. The fourth-order valence-electron chi connectivity index (χ4n) is 3.72. The number of thiazole rings is 1. The number of carbonyl (C=O) groups excluding carboxylic acids is 1. The minimum absolute atomic E-state index is 0.00438. The van der Waals surface area contributed by atoms with Gasteiger partial charge in [0.15, 0.2) is 5.13 Å². The van der Waals surface area contributed by atoms with Crippen molar-refractivity contribution in [2.24, 2.45) is 0 Å². The first-order valence-corrected chi connectivity index (χ1v) is 12.5. The summed E-state index contributed by atoms with van der Waals surface area (Å²) in [6, 6.07) is 12.2. The third-order valence-corrected chi connectivity index (χ3v) is 7.13. The molecule has 2 aromatic heterocycles. The first-order chi connectivity index (χ1) is 15.4. The van der Waals surface area contributed by atoms with Gasteiger partial charge < -0.3 is 4.57 Å². The van der Waals surface area contributed by atoms with Crippen molar-refractivity contribution >= 4 is 44.4 Å². The van der Waals surface area contributed by atoms with E-state index in [1.54, 1.807) is 29.3 Å². The van der Waals surface area contributed by atoms with E-state index in [1.165, 1.54) is 5.56 Å². The fourth-order valence-corrected chi connectivity index (χ4v) is 5.78. The summed E-state index contributed by atoms with van der Waals surface area (Å²) in [7, 11) is 0. The van der Waals surface area contributed by atoms with Gasteiger partial charge in [-0.2, -0.15) is 0 Å². The molecule has 2 aromatic carbocycles. The number of imidazole rings is 1. The molecule has 0 aliphatic rings.